The predicted molar refractivity (Wildman–Crippen MR) is 43.1 cm³/mol. The molecular weight excluding hydrogens is 138 g/mol. The van der Waals surface area contributed by atoms with Crippen LogP contribution in [0.3, 0.4) is 0 Å². The number of aryl methyl sites for hydroxylation is 2. The normalized spacial score (nSPS) is 23.3. The highest BCUT2D eigenvalue weighted by molar-refractivity contribution is 5.11. The Kier molecular flexibility index (Phi) is 1.46. The molecule has 1 aliphatic rings. The maximum atomic E-state index is 5.86. The molecule has 0 saturated carbocycles. The number of fused-ring (bicyclic) bond motifs is 1. The van der Waals surface area contributed by atoms with Gasteiger partial charge in [-0.3, -0.25) is 4.68 Å². The Morgan fingerprint density at radius 3 is 3.27 bits per heavy atom. The van der Waals surface area contributed by atoms with Crippen LogP contribution in [-0.2, 0) is 6.42 Å². The lowest BCUT2D eigenvalue weighted by Gasteiger charge is -2.20. The lowest BCUT2D eigenvalue weighted by Crippen LogP contribution is -2.25. The molecule has 2 N–H and O–H groups in total. The molecule has 0 amide bonds. The molecule has 0 radical (unpaired) electrons. The molecule has 0 saturated heterocycles. The number of hydrogen-bond acceptors (Lipinski definition) is 2. The quantitative estimate of drug-likeness (QED) is 0.600. The Balaban J connectivity index is 2.43. The first-order valence-corrected chi connectivity index (χ1v) is 4.08. The molecule has 2 rings (SSSR count). The fraction of sp³-hybridized carbons (Fsp3) is 0.625. The van der Waals surface area contributed by atoms with E-state index in [0.717, 1.165) is 18.5 Å². The summed E-state index contributed by atoms with van der Waals surface area (Å²) >= 11 is 0. The lowest BCUT2D eigenvalue weighted by molar-refractivity contribution is 0.375. The minimum Gasteiger partial charge on any atom is -0.310 e. The number of hydrogen-bond donors (Lipinski definition) is 1. The van der Waals surface area contributed by atoms with Gasteiger partial charge in [0.15, 0.2) is 0 Å². The van der Waals surface area contributed by atoms with E-state index in [4.69, 9.17) is 5.73 Å². The van der Waals surface area contributed by atoms with Gasteiger partial charge in [0.2, 0.25) is 0 Å². The molecule has 1 atom stereocenters. The van der Waals surface area contributed by atoms with Crippen LogP contribution in [0.4, 0.5) is 0 Å². The third-order valence-corrected chi connectivity index (χ3v) is 2.18. The largest absolute Gasteiger partial charge is 0.310 e. The van der Waals surface area contributed by atoms with Gasteiger partial charge >= 0.3 is 0 Å². The third-order valence-electron chi connectivity index (χ3n) is 2.18. The molecule has 11 heavy (non-hydrogen) atoms. The molecule has 1 aliphatic heterocycles. The van der Waals surface area contributed by atoms with Crippen LogP contribution < -0.4 is 5.73 Å². The standard InChI is InChI=1S/C8H13N3/c1-6-5-7-3-2-4-8(9)11(7)10-6/h5,8H,2-4,9H2,1H3. The van der Waals surface area contributed by atoms with Gasteiger partial charge in [-0.05, 0) is 32.3 Å². The molecule has 0 aromatic carbocycles. The number of nitrogens with two attached hydrogens (primary N) is 1. The molecule has 60 valence electrons. The summed E-state index contributed by atoms with van der Waals surface area (Å²) in [5, 5.41) is 4.32. The second kappa shape index (κ2) is 2.34. The van der Waals surface area contributed by atoms with Gasteiger partial charge in [-0.25, -0.2) is 0 Å². The van der Waals surface area contributed by atoms with Crippen LogP contribution in [0.15, 0.2) is 6.07 Å². The molecule has 3 heteroatoms. The van der Waals surface area contributed by atoms with Crippen LogP contribution >= 0.6 is 0 Å². The Hall–Kier alpha value is -0.830. The van der Waals surface area contributed by atoms with E-state index >= 15 is 0 Å². The fourth-order valence-electron chi connectivity index (χ4n) is 1.66. The van der Waals surface area contributed by atoms with Crippen LogP contribution in [0.1, 0.15) is 30.4 Å². The van der Waals surface area contributed by atoms with Crippen molar-refractivity contribution in [2.45, 2.75) is 32.4 Å². The van der Waals surface area contributed by atoms with Crippen LogP contribution in [0.25, 0.3) is 0 Å². The van der Waals surface area contributed by atoms with Crippen LogP contribution in [0.2, 0.25) is 0 Å². The molecule has 3 nitrogen and oxygen atoms in total. The summed E-state index contributed by atoms with van der Waals surface area (Å²) in [4.78, 5) is 0. The summed E-state index contributed by atoms with van der Waals surface area (Å²) < 4.78 is 1.96. The topological polar surface area (TPSA) is 43.8 Å². The fourth-order valence-corrected chi connectivity index (χ4v) is 1.66. The van der Waals surface area contributed by atoms with E-state index in [9.17, 15) is 0 Å². The molecule has 0 bridgehead atoms. The second-order valence-corrected chi connectivity index (χ2v) is 3.18. The first kappa shape index (κ1) is 6.85. The lowest BCUT2D eigenvalue weighted by atomic mass is 10.1. The molecule has 0 aliphatic carbocycles. The van der Waals surface area contributed by atoms with Crippen molar-refractivity contribution in [3.8, 4) is 0 Å². The molecule has 2 heterocycles. The summed E-state index contributed by atoms with van der Waals surface area (Å²) in [6, 6.07) is 2.12. The molecule has 1 aromatic heterocycles. The minimum atomic E-state index is 0.118. The van der Waals surface area contributed by atoms with Gasteiger partial charge in [0.05, 0.1) is 11.9 Å². The van der Waals surface area contributed by atoms with Gasteiger partial charge in [0, 0.05) is 5.69 Å². The maximum Gasteiger partial charge on any atom is 0.0991 e. The highest BCUT2D eigenvalue weighted by Gasteiger charge is 2.16. The van der Waals surface area contributed by atoms with E-state index in [0.29, 0.717) is 0 Å². The van der Waals surface area contributed by atoms with E-state index in [1.807, 2.05) is 11.6 Å². The van der Waals surface area contributed by atoms with Crippen molar-refractivity contribution in [2.24, 2.45) is 5.73 Å². The van der Waals surface area contributed by atoms with Gasteiger partial charge in [0.25, 0.3) is 0 Å². The first-order chi connectivity index (χ1) is 5.27. The van der Waals surface area contributed by atoms with E-state index in [1.165, 1.54) is 12.1 Å². The third kappa shape index (κ3) is 1.05. The number of aromatic nitrogens is 2. The van der Waals surface area contributed by atoms with Gasteiger partial charge < -0.3 is 5.73 Å². The van der Waals surface area contributed by atoms with Crippen molar-refractivity contribution >= 4 is 0 Å². The van der Waals surface area contributed by atoms with Crippen molar-refractivity contribution in [2.75, 3.05) is 0 Å². The summed E-state index contributed by atoms with van der Waals surface area (Å²) in [6.45, 7) is 2.01. The Labute approximate surface area is 66.2 Å². The molecule has 1 aromatic rings. The zero-order valence-corrected chi connectivity index (χ0v) is 6.75. The Morgan fingerprint density at radius 2 is 2.55 bits per heavy atom. The molecule has 0 spiro atoms. The minimum absolute atomic E-state index is 0.118. The monoisotopic (exact) mass is 151 g/mol. The summed E-state index contributed by atoms with van der Waals surface area (Å²) in [5.74, 6) is 0. The second-order valence-electron chi connectivity index (χ2n) is 3.18. The molecular formula is C8H13N3. The van der Waals surface area contributed by atoms with E-state index < -0.39 is 0 Å². The zero-order chi connectivity index (χ0) is 7.84. The number of rotatable bonds is 0. The molecule has 1 unspecified atom stereocenters. The first-order valence-electron chi connectivity index (χ1n) is 4.08. The summed E-state index contributed by atoms with van der Waals surface area (Å²) in [6.07, 6.45) is 3.52. The van der Waals surface area contributed by atoms with Crippen molar-refractivity contribution in [1.82, 2.24) is 9.78 Å². The van der Waals surface area contributed by atoms with Crippen LogP contribution in [0, 0.1) is 6.92 Å². The average molecular weight is 151 g/mol. The average Bonchev–Trinajstić information content (AvgIpc) is 2.31. The van der Waals surface area contributed by atoms with Gasteiger partial charge in [0.1, 0.15) is 0 Å². The van der Waals surface area contributed by atoms with E-state index in [1.54, 1.807) is 0 Å². The maximum absolute atomic E-state index is 5.86. The highest BCUT2D eigenvalue weighted by Crippen LogP contribution is 2.20. The van der Waals surface area contributed by atoms with Gasteiger partial charge in [-0.15, -0.1) is 0 Å². The summed E-state index contributed by atoms with van der Waals surface area (Å²) in [5.41, 5.74) is 8.23. The van der Waals surface area contributed by atoms with E-state index in [-0.39, 0.29) is 6.17 Å². The Bertz CT molecular complexity index is 264. The van der Waals surface area contributed by atoms with Crippen LogP contribution in [0.5, 0.6) is 0 Å². The van der Waals surface area contributed by atoms with Gasteiger partial charge in [-0.2, -0.15) is 5.10 Å². The zero-order valence-electron chi connectivity index (χ0n) is 6.75. The van der Waals surface area contributed by atoms with Crippen molar-refractivity contribution in [3.05, 3.63) is 17.5 Å². The van der Waals surface area contributed by atoms with Crippen LogP contribution in [-0.4, -0.2) is 9.78 Å². The highest BCUT2D eigenvalue weighted by atomic mass is 15.3. The van der Waals surface area contributed by atoms with E-state index in [2.05, 4.69) is 11.2 Å². The SMILES string of the molecule is Cc1cc2n(n1)C(N)CCC2. The predicted octanol–water partition coefficient (Wildman–Crippen LogP) is 0.985. The summed E-state index contributed by atoms with van der Waals surface area (Å²) in [7, 11) is 0. The number of nitrogens with zero attached hydrogens (tertiary/aromatic N) is 2. The molecule has 0 fully saturated rings. The van der Waals surface area contributed by atoms with Crippen molar-refractivity contribution in [1.29, 1.82) is 0 Å². The van der Waals surface area contributed by atoms with Gasteiger partial charge in [-0.1, -0.05) is 0 Å². The van der Waals surface area contributed by atoms with Crippen molar-refractivity contribution in [3.63, 3.8) is 0 Å². The Morgan fingerprint density at radius 1 is 1.73 bits per heavy atom. The smallest absolute Gasteiger partial charge is 0.0991 e. The van der Waals surface area contributed by atoms with Crippen molar-refractivity contribution < 1.29 is 0 Å².